The van der Waals surface area contributed by atoms with Crippen molar-refractivity contribution < 1.29 is 0 Å². The summed E-state index contributed by atoms with van der Waals surface area (Å²) in [5.74, 6) is 0. The molecule has 94 valence electrons. The Balaban J connectivity index is 1.84. The smallest absolute Gasteiger partial charge is 0.0208 e. The minimum absolute atomic E-state index is 0.928. The highest BCUT2D eigenvalue weighted by Crippen LogP contribution is 2.06. The largest absolute Gasteiger partial charge is 0.309 e. The molecule has 0 aliphatic heterocycles. The predicted molar refractivity (Wildman–Crippen MR) is 77.5 cm³/mol. The van der Waals surface area contributed by atoms with Crippen molar-refractivity contribution in [2.75, 3.05) is 0 Å². The zero-order chi connectivity index (χ0) is 12.8. The van der Waals surface area contributed by atoms with E-state index in [9.17, 15) is 0 Å². The van der Waals surface area contributed by atoms with E-state index in [1.807, 2.05) is 0 Å². The summed E-state index contributed by atoms with van der Waals surface area (Å²) in [7, 11) is 0. The third-order valence-electron chi connectivity index (χ3n) is 3.17. The summed E-state index contributed by atoms with van der Waals surface area (Å²) >= 11 is 0. The number of aryl methyl sites for hydroxylation is 2. The molecule has 0 saturated heterocycles. The van der Waals surface area contributed by atoms with Gasteiger partial charge in [-0.15, -0.1) is 0 Å². The van der Waals surface area contributed by atoms with Crippen molar-refractivity contribution in [3.05, 3.63) is 70.8 Å². The van der Waals surface area contributed by atoms with Gasteiger partial charge in [0.2, 0.25) is 0 Å². The van der Waals surface area contributed by atoms with Crippen LogP contribution in [0.4, 0.5) is 0 Å². The summed E-state index contributed by atoms with van der Waals surface area (Å²) < 4.78 is 0. The molecule has 0 bridgehead atoms. The van der Waals surface area contributed by atoms with Gasteiger partial charge < -0.3 is 5.32 Å². The van der Waals surface area contributed by atoms with Gasteiger partial charge in [0.1, 0.15) is 0 Å². The predicted octanol–water partition coefficient (Wildman–Crippen LogP) is 3.85. The lowest BCUT2D eigenvalue weighted by Crippen LogP contribution is -2.12. The fourth-order valence-corrected chi connectivity index (χ4v) is 2.07. The van der Waals surface area contributed by atoms with Crippen molar-refractivity contribution in [1.82, 2.24) is 5.32 Å². The molecule has 0 atom stereocenters. The molecule has 0 aliphatic carbocycles. The summed E-state index contributed by atoms with van der Waals surface area (Å²) in [4.78, 5) is 0. The molecule has 1 nitrogen and oxygen atoms in total. The van der Waals surface area contributed by atoms with Crippen LogP contribution in [0.2, 0.25) is 0 Å². The van der Waals surface area contributed by atoms with Crippen LogP contribution in [0.15, 0.2) is 48.5 Å². The summed E-state index contributed by atoms with van der Waals surface area (Å²) in [6.07, 6.45) is 1.11. The fourth-order valence-electron chi connectivity index (χ4n) is 2.07. The molecule has 0 aromatic heterocycles. The molecule has 1 heteroatoms. The Morgan fingerprint density at radius 3 is 2.17 bits per heavy atom. The van der Waals surface area contributed by atoms with E-state index in [1.165, 1.54) is 22.3 Å². The first-order chi connectivity index (χ1) is 8.78. The Morgan fingerprint density at radius 2 is 1.50 bits per heavy atom. The van der Waals surface area contributed by atoms with Crippen LogP contribution in [0.5, 0.6) is 0 Å². The van der Waals surface area contributed by atoms with Gasteiger partial charge in [-0.05, 0) is 30.0 Å². The SMILES string of the molecule is CCc1ccc(CNCc2cccc(C)c2)cc1. The molecule has 0 amide bonds. The van der Waals surface area contributed by atoms with Gasteiger partial charge in [0.05, 0.1) is 0 Å². The van der Waals surface area contributed by atoms with Gasteiger partial charge in [0.15, 0.2) is 0 Å². The average Bonchev–Trinajstić information content (AvgIpc) is 2.40. The lowest BCUT2D eigenvalue weighted by atomic mass is 10.1. The molecule has 2 aromatic rings. The molecule has 0 heterocycles. The second-order valence-electron chi connectivity index (χ2n) is 4.76. The lowest BCUT2D eigenvalue weighted by molar-refractivity contribution is 0.693. The van der Waals surface area contributed by atoms with Crippen molar-refractivity contribution in [3.8, 4) is 0 Å². The summed E-state index contributed by atoms with van der Waals surface area (Å²) in [6.45, 7) is 6.17. The maximum Gasteiger partial charge on any atom is 0.0208 e. The van der Waals surface area contributed by atoms with E-state index in [-0.39, 0.29) is 0 Å². The van der Waals surface area contributed by atoms with Gasteiger partial charge >= 0.3 is 0 Å². The van der Waals surface area contributed by atoms with Crippen LogP contribution in [-0.2, 0) is 19.5 Å². The molecule has 1 N–H and O–H groups in total. The second-order valence-corrected chi connectivity index (χ2v) is 4.76. The van der Waals surface area contributed by atoms with Crippen molar-refractivity contribution in [1.29, 1.82) is 0 Å². The molecular weight excluding hydrogens is 218 g/mol. The molecule has 0 saturated carbocycles. The first-order valence-corrected chi connectivity index (χ1v) is 6.62. The minimum atomic E-state index is 0.928. The van der Waals surface area contributed by atoms with Crippen molar-refractivity contribution in [2.24, 2.45) is 0 Å². The van der Waals surface area contributed by atoms with E-state index in [2.05, 4.69) is 67.7 Å². The van der Waals surface area contributed by atoms with Crippen LogP contribution >= 0.6 is 0 Å². The number of rotatable bonds is 5. The van der Waals surface area contributed by atoms with Gasteiger partial charge in [-0.25, -0.2) is 0 Å². The van der Waals surface area contributed by atoms with Crippen molar-refractivity contribution in [2.45, 2.75) is 33.4 Å². The van der Waals surface area contributed by atoms with Crippen molar-refractivity contribution >= 4 is 0 Å². The Labute approximate surface area is 110 Å². The van der Waals surface area contributed by atoms with E-state index in [1.54, 1.807) is 0 Å². The highest BCUT2D eigenvalue weighted by Gasteiger charge is 1.95. The third-order valence-corrected chi connectivity index (χ3v) is 3.17. The van der Waals surface area contributed by atoms with Gasteiger partial charge in [-0.1, -0.05) is 61.0 Å². The van der Waals surface area contributed by atoms with Gasteiger partial charge in [0.25, 0.3) is 0 Å². The third kappa shape index (κ3) is 3.71. The molecule has 0 unspecified atom stereocenters. The van der Waals surface area contributed by atoms with Gasteiger partial charge in [-0.2, -0.15) is 0 Å². The van der Waals surface area contributed by atoms with Gasteiger partial charge in [0, 0.05) is 13.1 Å². The fraction of sp³-hybridized carbons (Fsp3) is 0.294. The molecular formula is C17H21N. The number of hydrogen-bond acceptors (Lipinski definition) is 1. The molecule has 2 rings (SSSR count). The Kier molecular flexibility index (Phi) is 4.54. The highest BCUT2D eigenvalue weighted by atomic mass is 14.8. The lowest BCUT2D eigenvalue weighted by Gasteiger charge is -2.06. The number of nitrogens with one attached hydrogen (secondary N) is 1. The van der Waals surface area contributed by atoms with E-state index >= 15 is 0 Å². The van der Waals surface area contributed by atoms with E-state index in [0.717, 1.165) is 19.5 Å². The van der Waals surface area contributed by atoms with Crippen LogP contribution in [0, 0.1) is 6.92 Å². The first kappa shape index (κ1) is 12.8. The molecule has 0 fully saturated rings. The molecule has 2 aromatic carbocycles. The second kappa shape index (κ2) is 6.36. The zero-order valence-corrected chi connectivity index (χ0v) is 11.2. The van der Waals surface area contributed by atoms with Crippen LogP contribution in [0.3, 0.4) is 0 Å². The summed E-state index contributed by atoms with van der Waals surface area (Å²) in [5.41, 5.74) is 5.42. The minimum Gasteiger partial charge on any atom is -0.309 e. The van der Waals surface area contributed by atoms with Gasteiger partial charge in [-0.3, -0.25) is 0 Å². The number of benzene rings is 2. The standard InChI is InChI=1S/C17H21N/c1-3-15-7-9-16(10-8-15)12-18-13-17-6-4-5-14(2)11-17/h4-11,18H,3,12-13H2,1-2H3. The van der Waals surface area contributed by atoms with Crippen LogP contribution in [-0.4, -0.2) is 0 Å². The maximum absolute atomic E-state index is 3.48. The average molecular weight is 239 g/mol. The monoisotopic (exact) mass is 239 g/mol. The van der Waals surface area contributed by atoms with E-state index < -0.39 is 0 Å². The Morgan fingerprint density at radius 1 is 0.833 bits per heavy atom. The Bertz CT molecular complexity index is 485. The van der Waals surface area contributed by atoms with E-state index in [4.69, 9.17) is 0 Å². The molecule has 0 radical (unpaired) electrons. The normalized spacial score (nSPS) is 10.6. The Hall–Kier alpha value is -1.60. The highest BCUT2D eigenvalue weighted by molar-refractivity contribution is 5.24. The quantitative estimate of drug-likeness (QED) is 0.835. The van der Waals surface area contributed by atoms with Crippen LogP contribution < -0.4 is 5.32 Å². The molecule has 18 heavy (non-hydrogen) atoms. The first-order valence-electron chi connectivity index (χ1n) is 6.62. The van der Waals surface area contributed by atoms with E-state index in [0.29, 0.717) is 0 Å². The molecule has 0 spiro atoms. The zero-order valence-electron chi connectivity index (χ0n) is 11.2. The molecule has 0 aliphatic rings. The number of hydrogen-bond donors (Lipinski definition) is 1. The topological polar surface area (TPSA) is 12.0 Å². The summed E-state index contributed by atoms with van der Waals surface area (Å²) in [6, 6.07) is 17.5. The van der Waals surface area contributed by atoms with Crippen LogP contribution in [0.1, 0.15) is 29.2 Å². The maximum atomic E-state index is 3.48. The van der Waals surface area contributed by atoms with Crippen molar-refractivity contribution in [3.63, 3.8) is 0 Å². The summed E-state index contributed by atoms with van der Waals surface area (Å²) in [5, 5.41) is 3.48. The van der Waals surface area contributed by atoms with Crippen LogP contribution in [0.25, 0.3) is 0 Å².